The number of hydrogen-bond donors (Lipinski definition) is 2. The van der Waals surface area contributed by atoms with Crippen LogP contribution < -0.4 is 10.8 Å². The minimum Gasteiger partial charge on any atom is -0.465 e. The van der Waals surface area contributed by atoms with Gasteiger partial charge in [0.1, 0.15) is 6.61 Å². The van der Waals surface area contributed by atoms with Crippen LogP contribution >= 0.6 is 23.1 Å². The van der Waals surface area contributed by atoms with E-state index in [0.717, 1.165) is 14.6 Å². The number of nitrogens with zero attached hydrogens (tertiary/aromatic N) is 1. The lowest BCUT2D eigenvalue weighted by molar-refractivity contribution is -0.140. The number of fused-ring (bicyclic) bond motifs is 1. The van der Waals surface area contributed by atoms with E-state index >= 15 is 0 Å². The smallest absolute Gasteiger partial charge is 0.302 e. The lowest BCUT2D eigenvalue weighted by Gasteiger charge is -2.07. The van der Waals surface area contributed by atoms with Crippen molar-refractivity contribution >= 4 is 56.8 Å². The fourth-order valence-electron chi connectivity index (χ4n) is 2.37. The molecule has 2 N–H and O–H groups in total. The van der Waals surface area contributed by atoms with Crippen molar-refractivity contribution in [2.45, 2.75) is 11.3 Å². The van der Waals surface area contributed by atoms with Crippen LogP contribution in [0.4, 0.5) is 5.69 Å². The molecule has 0 aliphatic rings. The van der Waals surface area contributed by atoms with E-state index in [1.165, 1.54) is 30.0 Å². The number of aromatic nitrogens is 1. The summed E-state index contributed by atoms with van der Waals surface area (Å²) in [7, 11) is 0. The van der Waals surface area contributed by atoms with E-state index < -0.39 is 11.8 Å². The molecule has 30 heavy (non-hydrogen) atoms. The number of rotatable bonds is 9. The van der Waals surface area contributed by atoms with E-state index in [9.17, 15) is 14.4 Å². The summed E-state index contributed by atoms with van der Waals surface area (Å²) in [5, 5.41) is 2.72. The summed E-state index contributed by atoms with van der Waals surface area (Å²) in [4.78, 5) is 44.2. The Hall–Kier alpha value is -2.95. The van der Waals surface area contributed by atoms with Crippen LogP contribution in [0.1, 0.15) is 17.3 Å². The predicted octanol–water partition coefficient (Wildman–Crippen LogP) is 3.25. The van der Waals surface area contributed by atoms with Gasteiger partial charge in [0.2, 0.25) is 0 Å². The van der Waals surface area contributed by atoms with Crippen LogP contribution in [0.25, 0.3) is 10.2 Å². The molecule has 0 saturated heterocycles. The molecule has 0 aliphatic heterocycles. The first-order chi connectivity index (χ1) is 14.5. The van der Waals surface area contributed by atoms with E-state index in [-0.39, 0.29) is 12.6 Å². The molecule has 0 saturated carbocycles. The summed E-state index contributed by atoms with van der Waals surface area (Å²) in [5.41, 5.74) is 4.10. The van der Waals surface area contributed by atoms with Crippen molar-refractivity contribution in [1.29, 1.82) is 0 Å². The molecule has 0 unspecified atom stereocenters. The third-order valence-electron chi connectivity index (χ3n) is 3.67. The molecule has 0 radical (unpaired) electrons. The number of esters is 1. The minimum absolute atomic E-state index is 0.302. The molecule has 10 heteroatoms. The summed E-state index contributed by atoms with van der Waals surface area (Å²) in [6, 6.07) is 13.9. The van der Waals surface area contributed by atoms with Crippen molar-refractivity contribution in [2.24, 2.45) is 0 Å². The number of hydrogen-bond acceptors (Lipinski definition) is 8. The maximum atomic E-state index is 12.1. The van der Waals surface area contributed by atoms with E-state index in [4.69, 9.17) is 9.57 Å². The van der Waals surface area contributed by atoms with Crippen LogP contribution in [-0.2, 0) is 19.2 Å². The van der Waals surface area contributed by atoms with Crippen LogP contribution in [0, 0.1) is 0 Å². The molecule has 2 aromatic carbocycles. The maximum Gasteiger partial charge on any atom is 0.302 e. The number of carbonyl (C=O) groups is 3. The highest BCUT2D eigenvalue weighted by Crippen LogP contribution is 2.31. The van der Waals surface area contributed by atoms with Gasteiger partial charge < -0.3 is 10.1 Å². The normalized spacial score (nSPS) is 10.6. The molecule has 0 spiro atoms. The fourth-order valence-corrected chi connectivity index (χ4v) is 4.37. The molecule has 3 aromatic rings. The average molecular weight is 446 g/mol. The summed E-state index contributed by atoms with van der Waals surface area (Å²) < 4.78 is 6.68. The number of thioether (sulfide) groups is 1. The van der Waals surface area contributed by atoms with Crippen LogP contribution in [0.5, 0.6) is 0 Å². The molecule has 1 heterocycles. The Balaban J connectivity index is 1.47. The zero-order valence-electron chi connectivity index (χ0n) is 16.0. The van der Waals surface area contributed by atoms with Crippen molar-refractivity contribution in [3.05, 3.63) is 54.1 Å². The van der Waals surface area contributed by atoms with Gasteiger partial charge in [0.25, 0.3) is 11.8 Å². The molecule has 1 aromatic heterocycles. The Morgan fingerprint density at radius 3 is 2.70 bits per heavy atom. The SMILES string of the molecule is CC(=O)OCCSc1nc2ccc(NC(=O)CONC(=O)c3ccccc3)cc2s1. The van der Waals surface area contributed by atoms with Gasteiger partial charge in [-0.15, -0.1) is 11.3 Å². The summed E-state index contributed by atoms with van der Waals surface area (Å²) >= 11 is 2.99. The second-order valence-corrected chi connectivity index (χ2v) is 8.36. The van der Waals surface area contributed by atoms with Crippen molar-refractivity contribution < 1.29 is 24.0 Å². The standard InChI is InChI=1S/C20H19N3O5S2/c1-13(24)27-9-10-29-20-22-16-8-7-15(11-17(16)30-20)21-18(25)12-28-23-19(26)14-5-3-2-4-6-14/h2-8,11H,9-10,12H2,1H3,(H,21,25)(H,23,26). The third kappa shape index (κ3) is 6.55. The highest BCUT2D eigenvalue weighted by atomic mass is 32.2. The maximum absolute atomic E-state index is 12.1. The summed E-state index contributed by atoms with van der Waals surface area (Å²) in [6.45, 7) is 1.38. The van der Waals surface area contributed by atoms with Gasteiger partial charge >= 0.3 is 5.97 Å². The highest BCUT2D eigenvalue weighted by Gasteiger charge is 2.09. The molecule has 3 rings (SSSR count). The van der Waals surface area contributed by atoms with Gasteiger partial charge in [-0.1, -0.05) is 30.0 Å². The van der Waals surface area contributed by atoms with Gasteiger partial charge in [0.05, 0.1) is 10.2 Å². The molecule has 8 nitrogen and oxygen atoms in total. The second-order valence-electron chi connectivity index (χ2n) is 5.98. The molecule has 0 fully saturated rings. The molecule has 2 amide bonds. The quantitative estimate of drug-likeness (QED) is 0.225. The van der Waals surface area contributed by atoms with E-state index in [2.05, 4.69) is 15.8 Å². The fraction of sp³-hybridized carbons (Fsp3) is 0.200. The first kappa shape index (κ1) is 21.8. The number of benzene rings is 2. The van der Waals surface area contributed by atoms with Crippen molar-refractivity contribution in [3.8, 4) is 0 Å². The monoisotopic (exact) mass is 445 g/mol. The number of ether oxygens (including phenoxy) is 1. The Kier molecular flexibility index (Phi) is 7.77. The van der Waals surface area contributed by atoms with Crippen LogP contribution in [0.3, 0.4) is 0 Å². The number of anilines is 1. The van der Waals surface area contributed by atoms with Gasteiger partial charge in [-0.05, 0) is 30.3 Å². The molecular formula is C20H19N3O5S2. The molecular weight excluding hydrogens is 426 g/mol. The Morgan fingerprint density at radius 2 is 1.93 bits per heavy atom. The number of hydroxylamine groups is 1. The van der Waals surface area contributed by atoms with Gasteiger partial charge in [0.15, 0.2) is 10.9 Å². The van der Waals surface area contributed by atoms with Crippen LogP contribution in [0.15, 0.2) is 52.9 Å². The summed E-state index contributed by atoms with van der Waals surface area (Å²) in [6.07, 6.45) is 0. The minimum atomic E-state index is -0.423. The molecule has 0 aliphatic carbocycles. The van der Waals surface area contributed by atoms with E-state index in [0.29, 0.717) is 23.6 Å². The molecule has 156 valence electrons. The third-order valence-corrected chi connectivity index (χ3v) is 5.80. The van der Waals surface area contributed by atoms with Crippen molar-refractivity contribution in [2.75, 3.05) is 24.3 Å². The second kappa shape index (κ2) is 10.7. The van der Waals surface area contributed by atoms with Crippen molar-refractivity contribution in [3.63, 3.8) is 0 Å². The molecule has 0 atom stereocenters. The highest BCUT2D eigenvalue weighted by molar-refractivity contribution is 8.01. The number of amides is 2. The Bertz CT molecular complexity index is 1040. The van der Waals surface area contributed by atoms with Crippen LogP contribution in [-0.4, -0.2) is 41.7 Å². The number of carbonyl (C=O) groups excluding carboxylic acids is 3. The Morgan fingerprint density at radius 1 is 1.13 bits per heavy atom. The van der Waals surface area contributed by atoms with Gasteiger partial charge in [0, 0.05) is 23.9 Å². The van der Waals surface area contributed by atoms with Gasteiger partial charge in [-0.3, -0.25) is 19.2 Å². The average Bonchev–Trinajstić information content (AvgIpc) is 3.13. The van der Waals surface area contributed by atoms with E-state index in [1.54, 1.807) is 36.4 Å². The summed E-state index contributed by atoms with van der Waals surface area (Å²) in [5.74, 6) is -0.505. The van der Waals surface area contributed by atoms with Gasteiger partial charge in [-0.25, -0.2) is 10.5 Å². The van der Waals surface area contributed by atoms with Gasteiger partial charge in [-0.2, -0.15) is 0 Å². The molecule has 0 bridgehead atoms. The lowest BCUT2D eigenvalue weighted by atomic mass is 10.2. The first-order valence-corrected chi connectivity index (χ1v) is 10.8. The largest absolute Gasteiger partial charge is 0.465 e. The zero-order valence-corrected chi connectivity index (χ0v) is 17.7. The first-order valence-electron chi connectivity index (χ1n) is 8.95. The topological polar surface area (TPSA) is 107 Å². The zero-order chi connectivity index (χ0) is 21.3. The van der Waals surface area contributed by atoms with E-state index in [1.807, 2.05) is 12.1 Å². The van der Waals surface area contributed by atoms with Crippen molar-refractivity contribution in [1.82, 2.24) is 10.5 Å². The lowest BCUT2D eigenvalue weighted by Crippen LogP contribution is -2.29. The predicted molar refractivity (Wildman–Crippen MR) is 115 cm³/mol. The van der Waals surface area contributed by atoms with Crippen LogP contribution in [0.2, 0.25) is 0 Å². The Labute approximate surface area is 180 Å². The number of thiazole rings is 1. The number of nitrogens with one attached hydrogen (secondary N) is 2.